The molecule has 3 rings (SSSR count). The third-order valence-corrected chi connectivity index (χ3v) is 4.98. The Morgan fingerprint density at radius 3 is 2.89 bits per heavy atom. The van der Waals surface area contributed by atoms with Crippen LogP contribution in [0.1, 0.15) is 13.8 Å². The van der Waals surface area contributed by atoms with Crippen LogP contribution in [0.25, 0.3) is 0 Å². The van der Waals surface area contributed by atoms with E-state index >= 15 is 0 Å². The molecule has 4 atom stereocenters. The van der Waals surface area contributed by atoms with Gasteiger partial charge in [0.25, 0.3) is 0 Å². The molecule has 19 heavy (non-hydrogen) atoms. The molecule has 100 valence electrons. The Morgan fingerprint density at radius 1 is 1.58 bits per heavy atom. The van der Waals surface area contributed by atoms with Crippen molar-refractivity contribution in [2.24, 2.45) is 23.2 Å². The van der Waals surface area contributed by atoms with Crippen LogP contribution in [-0.4, -0.2) is 23.7 Å². The maximum Gasteiger partial charge on any atom is 0.334 e. The van der Waals surface area contributed by atoms with E-state index in [1.165, 1.54) is 5.57 Å². The monoisotopic (exact) mass is 260 g/mol. The Labute approximate surface area is 111 Å². The van der Waals surface area contributed by atoms with Gasteiger partial charge in [-0.05, 0) is 18.8 Å². The summed E-state index contributed by atoms with van der Waals surface area (Å²) in [5, 5.41) is 9.35. The fraction of sp³-hybridized carbons (Fsp3) is 0.467. The summed E-state index contributed by atoms with van der Waals surface area (Å²) in [5.74, 6) is -1.41. The minimum atomic E-state index is -0.928. The lowest BCUT2D eigenvalue weighted by atomic mass is 9.65. The lowest BCUT2D eigenvalue weighted by molar-refractivity contribution is -0.148. The van der Waals surface area contributed by atoms with Gasteiger partial charge in [-0.3, -0.25) is 0 Å². The van der Waals surface area contributed by atoms with Crippen molar-refractivity contribution in [3.63, 3.8) is 0 Å². The van der Waals surface area contributed by atoms with Gasteiger partial charge < -0.3 is 9.84 Å². The lowest BCUT2D eigenvalue weighted by Crippen LogP contribution is -2.43. The molecule has 0 aromatic carbocycles. The second-order valence-electron chi connectivity index (χ2n) is 5.69. The molecule has 1 N–H and O–H groups in total. The van der Waals surface area contributed by atoms with Gasteiger partial charge >= 0.3 is 11.9 Å². The molecule has 0 bridgehead atoms. The summed E-state index contributed by atoms with van der Waals surface area (Å²) >= 11 is 0. The highest BCUT2D eigenvalue weighted by molar-refractivity contribution is 5.95. The fourth-order valence-corrected chi connectivity index (χ4v) is 3.85. The maximum absolute atomic E-state index is 11.8. The topological polar surface area (TPSA) is 63.6 Å². The summed E-state index contributed by atoms with van der Waals surface area (Å²) in [4.78, 5) is 23.2. The van der Waals surface area contributed by atoms with E-state index in [1.807, 2.05) is 13.0 Å². The summed E-state index contributed by atoms with van der Waals surface area (Å²) in [6, 6.07) is 0. The van der Waals surface area contributed by atoms with Gasteiger partial charge in [-0.25, -0.2) is 9.59 Å². The molecule has 1 aliphatic heterocycles. The van der Waals surface area contributed by atoms with Gasteiger partial charge in [0, 0.05) is 22.5 Å². The molecule has 1 fully saturated rings. The van der Waals surface area contributed by atoms with Crippen LogP contribution < -0.4 is 0 Å². The van der Waals surface area contributed by atoms with Crippen LogP contribution >= 0.6 is 0 Å². The molecule has 1 spiro atoms. The predicted molar refractivity (Wildman–Crippen MR) is 68.2 cm³/mol. The first-order valence-electron chi connectivity index (χ1n) is 6.40. The minimum Gasteiger partial charge on any atom is -0.478 e. The highest BCUT2D eigenvalue weighted by atomic mass is 16.5. The molecule has 4 nitrogen and oxygen atoms in total. The van der Waals surface area contributed by atoms with Gasteiger partial charge in [0.2, 0.25) is 0 Å². The third-order valence-electron chi connectivity index (χ3n) is 4.98. The summed E-state index contributed by atoms with van der Waals surface area (Å²) in [5.41, 5.74) is 1.36. The SMILES string of the molecule is C=C1C(=O)OC[C@@H]2C(C(=O)O)=C[C@H]3[C@@H](C)C(C)=C[C@@]123. The number of carboxylic acids is 1. The van der Waals surface area contributed by atoms with Gasteiger partial charge in [-0.2, -0.15) is 0 Å². The quantitative estimate of drug-likeness (QED) is 0.444. The summed E-state index contributed by atoms with van der Waals surface area (Å²) in [6.45, 7) is 8.11. The van der Waals surface area contributed by atoms with Crippen molar-refractivity contribution < 1.29 is 19.4 Å². The van der Waals surface area contributed by atoms with Crippen molar-refractivity contribution >= 4 is 11.9 Å². The van der Waals surface area contributed by atoms with E-state index in [4.69, 9.17) is 4.74 Å². The van der Waals surface area contributed by atoms with Gasteiger partial charge in [-0.1, -0.05) is 31.2 Å². The zero-order valence-corrected chi connectivity index (χ0v) is 11.0. The van der Waals surface area contributed by atoms with Crippen LogP contribution in [0.2, 0.25) is 0 Å². The molecule has 2 aliphatic carbocycles. The van der Waals surface area contributed by atoms with Crippen LogP contribution in [0, 0.1) is 23.2 Å². The number of carbonyl (C=O) groups is 2. The number of carbonyl (C=O) groups excluding carboxylic acids is 1. The molecule has 1 saturated heterocycles. The molecular weight excluding hydrogens is 244 g/mol. The van der Waals surface area contributed by atoms with E-state index in [2.05, 4.69) is 13.5 Å². The van der Waals surface area contributed by atoms with Crippen molar-refractivity contribution in [1.29, 1.82) is 0 Å². The number of allylic oxidation sites excluding steroid dienone is 3. The normalized spacial score (nSPS) is 40.2. The average molecular weight is 260 g/mol. The molecule has 0 aromatic heterocycles. The lowest BCUT2D eigenvalue weighted by Gasteiger charge is -2.40. The molecule has 0 unspecified atom stereocenters. The average Bonchev–Trinajstić information content (AvgIpc) is 2.80. The fourth-order valence-electron chi connectivity index (χ4n) is 3.85. The number of cyclic esters (lactones) is 1. The number of rotatable bonds is 1. The van der Waals surface area contributed by atoms with Crippen molar-refractivity contribution in [2.75, 3.05) is 6.61 Å². The second-order valence-corrected chi connectivity index (χ2v) is 5.69. The Kier molecular flexibility index (Phi) is 2.31. The first-order chi connectivity index (χ1) is 8.89. The van der Waals surface area contributed by atoms with E-state index in [0.29, 0.717) is 11.1 Å². The Bertz CT molecular complexity index is 569. The van der Waals surface area contributed by atoms with E-state index in [-0.39, 0.29) is 24.4 Å². The van der Waals surface area contributed by atoms with Gasteiger partial charge in [-0.15, -0.1) is 0 Å². The molecule has 0 aromatic rings. The number of hydrogen-bond donors (Lipinski definition) is 1. The van der Waals surface area contributed by atoms with E-state index in [9.17, 15) is 14.7 Å². The molecule has 0 radical (unpaired) electrons. The first-order valence-corrected chi connectivity index (χ1v) is 6.40. The Hall–Kier alpha value is -1.84. The van der Waals surface area contributed by atoms with Gasteiger partial charge in [0.05, 0.1) is 6.61 Å². The Morgan fingerprint density at radius 2 is 2.26 bits per heavy atom. The third kappa shape index (κ3) is 1.29. The van der Waals surface area contributed by atoms with Crippen LogP contribution in [0.15, 0.2) is 35.5 Å². The van der Waals surface area contributed by atoms with Crippen molar-refractivity contribution in [2.45, 2.75) is 13.8 Å². The van der Waals surface area contributed by atoms with Crippen LogP contribution in [0.3, 0.4) is 0 Å². The van der Waals surface area contributed by atoms with Crippen LogP contribution in [-0.2, 0) is 14.3 Å². The summed E-state index contributed by atoms with van der Waals surface area (Å²) in [6.07, 6.45) is 3.85. The minimum absolute atomic E-state index is 0.00366. The van der Waals surface area contributed by atoms with Crippen LogP contribution in [0.5, 0.6) is 0 Å². The second kappa shape index (κ2) is 3.59. The largest absolute Gasteiger partial charge is 0.478 e. The molecule has 3 aliphatic rings. The standard InChI is InChI=1S/C15H16O4/c1-7-5-15-9(3)14(18)19-6-12(15)10(13(16)17)4-11(15)8(7)2/h4-5,8,11-12H,3,6H2,1-2H3,(H,16,17)/t8-,11-,12+,15-/m0/s1. The number of esters is 1. The zero-order valence-electron chi connectivity index (χ0n) is 11.0. The predicted octanol–water partition coefficient (Wildman–Crippen LogP) is 1.94. The molecule has 1 heterocycles. The molecule has 0 amide bonds. The number of carboxylic acid groups (broad SMARTS) is 1. The van der Waals surface area contributed by atoms with Crippen molar-refractivity contribution in [3.8, 4) is 0 Å². The van der Waals surface area contributed by atoms with Gasteiger partial charge in [0.1, 0.15) is 0 Å². The molecule has 4 heteroatoms. The highest BCUT2D eigenvalue weighted by Gasteiger charge is 2.61. The number of aliphatic carboxylic acids is 1. The van der Waals surface area contributed by atoms with Crippen LogP contribution in [0.4, 0.5) is 0 Å². The number of ether oxygens (including phenoxy) is 1. The number of hydrogen-bond acceptors (Lipinski definition) is 3. The zero-order chi connectivity index (χ0) is 13.9. The Balaban J connectivity index is 2.18. The van der Waals surface area contributed by atoms with Crippen molar-refractivity contribution in [1.82, 2.24) is 0 Å². The molecular formula is C15H16O4. The van der Waals surface area contributed by atoms with E-state index < -0.39 is 17.4 Å². The summed E-state index contributed by atoms with van der Waals surface area (Å²) in [7, 11) is 0. The van der Waals surface area contributed by atoms with E-state index in [0.717, 1.165) is 0 Å². The first kappa shape index (κ1) is 12.2. The summed E-state index contributed by atoms with van der Waals surface area (Å²) < 4.78 is 5.09. The van der Waals surface area contributed by atoms with Crippen molar-refractivity contribution in [3.05, 3.63) is 35.5 Å². The van der Waals surface area contributed by atoms with Gasteiger partial charge in [0.15, 0.2) is 0 Å². The smallest absolute Gasteiger partial charge is 0.334 e. The maximum atomic E-state index is 11.8. The highest BCUT2D eigenvalue weighted by Crippen LogP contribution is 2.62. The van der Waals surface area contributed by atoms with E-state index in [1.54, 1.807) is 6.08 Å². The molecule has 0 saturated carbocycles.